The van der Waals surface area contributed by atoms with E-state index in [1.165, 1.54) is 0 Å². The van der Waals surface area contributed by atoms with E-state index in [4.69, 9.17) is 22.9 Å². The SMILES string of the molecule is Nc1ccc(C(c2ccc(N)cc2)(c2ccc(N)cc2)c2ccc(N)cc2)cc1.O=Cc1ccc(C=O)cc1. The standard InChI is InChI=1S/C25H24N4.C8H6O2/c26-21-9-1-17(2-10-21)25(18-3-11-22(27)12-4-18,19-5-13-23(28)14-6-19)20-7-15-24(29)16-8-20;9-5-7-1-2-8(6-10)4-3-7/h1-16H,26-29H2;1-6H. The van der Waals surface area contributed by atoms with Crippen LogP contribution < -0.4 is 22.9 Å². The Labute approximate surface area is 227 Å². The zero-order chi connectivity index (χ0) is 27.8. The Kier molecular flexibility index (Phi) is 8.07. The minimum atomic E-state index is -0.581. The quantitative estimate of drug-likeness (QED) is 0.130. The molecule has 0 fully saturated rings. The number of aldehydes is 2. The summed E-state index contributed by atoms with van der Waals surface area (Å²) in [5, 5.41) is 0. The summed E-state index contributed by atoms with van der Waals surface area (Å²) in [5.41, 5.74) is 31.8. The number of nitrogens with two attached hydrogens (primary N) is 4. The van der Waals surface area contributed by atoms with Crippen LogP contribution in [0.15, 0.2) is 121 Å². The molecule has 6 nitrogen and oxygen atoms in total. The van der Waals surface area contributed by atoms with Crippen molar-refractivity contribution in [1.29, 1.82) is 0 Å². The van der Waals surface area contributed by atoms with Crippen molar-refractivity contribution in [2.24, 2.45) is 0 Å². The van der Waals surface area contributed by atoms with E-state index < -0.39 is 5.41 Å². The molecule has 0 radical (unpaired) electrons. The zero-order valence-corrected chi connectivity index (χ0v) is 21.3. The zero-order valence-electron chi connectivity index (χ0n) is 21.3. The molecule has 8 N–H and O–H groups in total. The van der Waals surface area contributed by atoms with Crippen LogP contribution in [0.1, 0.15) is 43.0 Å². The fourth-order valence-corrected chi connectivity index (χ4v) is 4.59. The lowest BCUT2D eigenvalue weighted by Gasteiger charge is -2.37. The molecule has 194 valence electrons. The van der Waals surface area contributed by atoms with Gasteiger partial charge in [0.1, 0.15) is 12.6 Å². The molecule has 0 bridgehead atoms. The number of rotatable bonds is 6. The van der Waals surface area contributed by atoms with Gasteiger partial charge >= 0.3 is 0 Å². The third-order valence-electron chi connectivity index (χ3n) is 6.58. The summed E-state index contributed by atoms with van der Waals surface area (Å²) in [6.45, 7) is 0. The molecule has 39 heavy (non-hydrogen) atoms. The van der Waals surface area contributed by atoms with Gasteiger partial charge in [-0.3, -0.25) is 9.59 Å². The molecule has 0 aliphatic rings. The minimum Gasteiger partial charge on any atom is -0.399 e. The van der Waals surface area contributed by atoms with Gasteiger partial charge in [0.05, 0.1) is 5.41 Å². The molecule has 0 spiro atoms. The minimum absolute atomic E-state index is 0.581. The first-order chi connectivity index (χ1) is 18.9. The first-order valence-electron chi connectivity index (χ1n) is 12.3. The van der Waals surface area contributed by atoms with E-state index in [9.17, 15) is 9.59 Å². The van der Waals surface area contributed by atoms with Crippen molar-refractivity contribution >= 4 is 35.3 Å². The fourth-order valence-electron chi connectivity index (χ4n) is 4.59. The second kappa shape index (κ2) is 11.8. The summed E-state index contributed by atoms with van der Waals surface area (Å²) >= 11 is 0. The molecule has 5 aromatic rings. The molecule has 0 amide bonds. The van der Waals surface area contributed by atoms with Gasteiger partial charge in [-0.1, -0.05) is 72.8 Å². The maximum absolute atomic E-state index is 10.1. The number of hydrogen-bond acceptors (Lipinski definition) is 6. The lowest BCUT2D eigenvalue weighted by molar-refractivity contribution is 0.111. The molecule has 0 unspecified atom stereocenters. The van der Waals surface area contributed by atoms with Gasteiger partial charge < -0.3 is 22.9 Å². The van der Waals surface area contributed by atoms with Crippen molar-refractivity contribution in [2.75, 3.05) is 22.9 Å². The van der Waals surface area contributed by atoms with Crippen LogP contribution in [0.4, 0.5) is 22.7 Å². The lowest BCUT2D eigenvalue weighted by atomic mass is 9.65. The average Bonchev–Trinajstić information content (AvgIpc) is 2.97. The molecule has 5 aromatic carbocycles. The predicted molar refractivity (Wildman–Crippen MR) is 160 cm³/mol. The Morgan fingerprint density at radius 3 is 0.744 bits per heavy atom. The summed E-state index contributed by atoms with van der Waals surface area (Å²) in [6.07, 6.45) is 1.49. The maximum atomic E-state index is 10.1. The number of nitrogen functional groups attached to an aromatic ring is 4. The van der Waals surface area contributed by atoms with Gasteiger partial charge in [-0.25, -0.2) is 0 Å². The van der Waals surface area contributed by atoms with Gasteiger partial charge in [-0.2, -0.15) is 0 Å². The fraction of sp³-hybridized carbons (Fsp3) is 0.0303. The second-order valence-corrected chi connectivity index (χ2v) is 9.14. The van der Waals surface area contributed by atoms with E-state index in [1.54, 1.807) is 24.3 Å². The summed E-state index contributed by atoms with van der Waals surface area (Å²) in [5.74, 6) is 0. The molecule has 0 saturated carbocycles. The summed E-state index contributed by atoms with van der Waals surface area (Å²) in [4.78, 5) is 20.2. The van der Waals surface area contributed by atoms with Crippen molar-refractivity contribution in [3.63, 3.8) is 0 Å². The highest BCUT2D eigenvalue weighted by atomic mass is 16.1. The van der Waals surface area contributed by atoms with E-state index >= 15 is 0 Å². The number of carbonyl (C=O) groups is 2. The van der Waals surface area contributed by atoms with Gasteiger partial charge in [0, 0.05) is 33.9 Å². The predicted octanol–water partition coefficient (Wildman–Crippen LogP) is 5.71. The van der Waals surface area contributed by atoms with Crippen LogP contribution in [0.3, 0.4) is 0 Å². The van der Waals surface area contributed by atoms with Gasteiger partial charge in [-0.15, -0.1) is 0 Å². The normalized spacial score (nSPS) is 10.7. The van der Waals surface area contributed by atoms with E-state index in [-0.39, 0.29) is 0 Å². The molecule has 5 rings (SSSR count). The third-order valence-corrected chi connectivity index (χ3v) is 6.58. The first-order valence-corrected chi connectivity index (χ1v) is 12.3. The topological polar surface area (TPSA) is 138 Å². The van der Waals surface area contributed by atoms with Crippen LogP contribution in [0.25, 0.3) is 0 Å². The number of benzene rings is 5. The summed E-state index contributed by atoms with van der Waals surface area (Å²) in [6, 6.07) is 38.4. The molecule has 0 aliphatic heterocycles. The van der Waals surface area contributed by atoms with Crippen molar-refractivity contribution in [3.05, 3.63) is 155 Å². The molecule has 0 aliphatic carbocycles. The van der Waals surface area contributed by atoms with Gasteiger partial charge in [0.15, 0.2) is 0 Å². The third kappa shape index (κ3) is 5.81. The first kappa shape index (κ1) is 26.7. The van der Waals surface area contributed by atoms with Gasteiger partial charge in [0.2, 0.25) is 0 Å². The highest BCUT2D eigenvalue weighted by Crippen LogP contribution is 2.45. The Balaban J connectivity index is 0.000000298. The highest BCUT2D eigenvalue weighted by Gasteiger charge is 2.38. The maximum Gasteiger partial charge on any atom is 0.150 e. The Morgan fingerprint density at radius 1 is 0.359 bits per heavy atom. The molecule has 0 heterocycles. The average molecular weight is 515 g/mol. The van der Waals surface area contributed by atoms with Crippen LogP contribution in [-0.4, -0.2) is 12.6 Å². The van der Waals surface area contributed by atoms with E-state index in [0.29, 0.717) is 11.1 Å². The second-order valence-electron chi connectivity index (χ2n) is 9.14. The van der Waals surface area contributed by atoms with E-state index in [0.717, 1.165) is 57.6 Å². The smallest absolute Gasteiger partial charge is 0.150 e. The summed E-state index contributed by atoms with van der Waals surface area (Å²) in [7, 11) is 0. The molecule has 0 aromatic heterocycles. The van der Waals surface area contributed by atoms with Crippen LogP contribution in [0.2, 0.25) is 0 Å². The van der Waals surface area contributed by atoms with Crippen LogP contribution in [0.5, 0.6) is 0 Å². The Bertz CT molecular complexity index is 1310. The number of carbonyl (C=O) groups excluding carboxylic acids is 2. The van der Waals surface area contributed by atoms with Crippen molar-refractivity contribution in [1.82, 2.24) is 0 Å². The van der Waals surface area contributed by atoms with Crippen LogP contribution in [-0.2, 0) is 5.41 Å². The Morgan fingerprint density at radius 2 is 0.564 bits per heavy atom. The van der Waals surface area contributed by atoms with Crippen LogP contribution in [0, 0.1) is 0 Å². The van der Waals surface area contributed by atoms with Gasteiger partial charge in [-0.05, 0) is 70.8 Å². The van der Waals surface area contributed by atoms with Crippen molar-refractivity contribution in [2.45, 2.75) is 5.41 Å². The summed E-state index contributed by atoms with van der Waals surface area (Å²) < 4.78 is 0. The highest BCUT2D eigenvalue weighted by molar-refractivity contribution is 5.79. The van der Waals surface area contributed by atoms with Crippen molar-refractivity contribution < 1.29 is 9.59 Å². The number of anilines is 4. The monoisotopic (exact) mass is 514 g/mol. The molecule has 0 atom stereocenters. The van der Waals surface area contributed by atoms with Crippen molar-refractivity contribution in [3.8, 4) is 0 Å². The van der Waals surface area contributed by atoms with E-state index in [1.807, 2.05) is 48.5 Å². The van der Waals surface area contributed by atoms with Gasteiger partial charge in [0.25, 0.3) is 0 Å². The van der Waals surface area contributed by atoms with Crippen LogP contribution >= 0.6 is 0 Å². The lowest BCUT2D eigenvalue weighted by Crippen LogP contribution is -2.31. The Hall–Kier alpha value is -5.36. The number of hydrogen-bond donors (Lipinski definition) is 4. The largest absolute Gasteiger partial charge is 0.399 e. The molecule has 6 heteroatoms. The molecular formula is C33H30N4O2. The molecular weight excluding hydrogens is 484 g/mol. The molecule has 0 saturated heterocycles. The van der Waals surface area contributed by atoms with E-state index in [2.05, 4.69) is 48.5 Å².